The number of fused-ring (bicyclic) bond motifs is 1. The van der Waals surface area contributed by atoms with E-state index in [1.54, 1.807) is 14.2 Å². The van der Waals surface area contributed by atoms with E-state index in [9.17, 15) is 4.79 Å². The number of para-hydroxylation sites is 1. The van der Waals surface area contributed by atoms with Crippen LogP contribution in [0.4, 0.5) is 0 Å². The average molecular weight is 436 g/mol. The number of ether oxygens (including phenoxy) is 3. The molecule has 2 aromatic carbocycles. The first kappa shape index (κ1) is 21.9. The van der Waals surface area contributed by atoms with Gasteiger partial charge in [-0.1, -0.05) is 18.2 Å². The molecule has 0 N–H and O–H groups in total. The van der Waals surface area contributed by atoms with Crippen molar-refractivity contribution in [3.05, 3.63) is 71.0 Å². The molecule has 1 aromatic heterocycles. The topological polar surface area (TPSA) is 65.8 Å². The molecule has 0 aliphatic heterocycles. The number of rotatable bonds is 9. The average Bonchev–Trinajstić information content (AvgIpc) is 3.43. The van der Waals surface area contributed by atoms with Gasteiger partial charge >= 0.3 is 5.97 Å². The lowest BCUT2D eigenvalue weighted by atomic mass is 10.1. The predicted molar refractivity (Wildman–Crippen MR) is 121 cm³/mol. The van der Waals surface area contributed by atoms with Gasteiger partial charge in [0.25, 0.3) is 0 Å². The molecule has 168 valence electrons. The van der Waals surface area contributed by atoms with E-state index in [0.29, 0.717) is 24.6 Å². The zero-order chi connectivity index (χ0) is 22.5. The van der Waals surface area contributed by atoms with Gasteiger partial charge in [-0.2, -0.15) is 5.10 Å². The molecule has 0 saturated carbocycles. The molecule has 3 aromatic rings. The fraction of sp³-hybridized carbons (Fsp3) is 0.360. The summed E-state index contributed by atoms with van der Waals surface area (Å²) < 4.78 is 17.8. The van der Waals surface area contributed by atoms with Crippen LogP contribution in [0.5, 0.6) is 11.5 Å². The van der Waals surface area contributed by atoms with Crippen molar-refractivity contribution in [2.45, 2.75) is 32.4 Å². The van der Waals surface area contributed by atoms with Crippen LogP contribution < -0.4 is 9.47 Å². The minimum absolute atomic E-state index is 0.170. The zero-order valence-corrected chi connectivity index (χ0v) is 18.8. The Balaban J connectivity index is 1.64. The summed E-state index contributed by atoms with van der Waals surface area (Å²) in [5.41, 5.74) is 5.64. The molecule has 0 saturated heterocycles. The molecule has 0 radical (unpaired) electrons. The molecular weight excluding hydrogens is 406 g/mol. The van der Waals surface area contributed by atoms with Gasteiger partial charge in [-0.05, 0) is 54.7 Å². The summed E-state index contributed by atoms with van der Waals surface area (Å²) in [4.78, 5) is 14.2. The zero-order valence-electron chi connectivity index (χ0n) is 18.8. The molecule has 1 aliphatic carbocycles. The van der Waals surface area contributed by atoms with E-state index in [-0.39, 0.29) is 12.5 Å². The Morgan fingerprint density at radius 1 is 1.00 bits per heavy atom. The Morgan fingerprint density at radius 2 is 1.72 bits per heavy atom. The number of benzene rings is 2. The first-order valence-corrected chi connectivity index (χ1v) is 10.8. The van der Waals surface area contributed by atoms with E-state index in [4.69, 9.17) is 19.3 Å². The highest BCUT2D eigenvalue weighted by molar-refractivity contribution is 5.71. The van der Waals surface area contributed by atoms with Crippen LogP contribution >= 0.6 is 0 Å². The molecule has 32 heavy (non-hydrogen) atoms. The maximum atomic E-state index is 12.2. The van der Waals surface area contributed by atoms with Crippen LogP contribution in [-0.2, 0) is 35.5 Å². The maximum Gasteiger partial charge on any atom is 0.319 e. The third-order valence-electron chi connectivity index (χ3n) is 5.79. The van der Waals surface area contributed by atoms with Crippen molar-refractivity contribution in [2.24, 2.45) is 0 Å². The Hall–Kier alpha value is -3.32. The minimum Gasteiger partial charge on any atom is -0.497 e. The summed E-state index contributed by atoms with van der Waals surface area (Å²) in [7, 11) is 4.67. The van der Waals surface area contributed by atoms with Gasteiger partial charge in [0.05, 0.1) is 39.3 Å². The molecule has 7 heteroatoms. The van der Waals surface area contributed by atoms with Crippen molar-refractivity contribution in [2.75, 3.05) is 27.9 Å². The van der Waals surface area contributed by atoms with Crippen molar-refractivity contribution in [3.63, 3.8) is 0 Å². The van der Waals surface area contributed by atoms with E-state index in [1.807, 2.05) is 36.4 Å². The quantitative estimate of drug-likeness (QED) is 0.479. The Kier molecular flexibility index (Phi) is 6.75. The molecule has 0 atom stereocenters. The van der Waals surface area contributed by atoms with Crippen LogP contribution in [0, 0.1) is 0 Å². The maximum absolute atomic E-state index is 12.2. The number of carbonyl (C=O) groups is 1. The van der Waals surface area contributed by atoms with E-state index in [1.165, 1.54) is 18.4 Å². The van der Waals surface area contributed by atoms with Crippen LogP contribution in [-0.4, -0.2) is 48.5 Å². The highest BCUT2D eigenvalue weighted by Gasteiger charge is 2.25. The van der Waals surface area contributed by atoms with E-state index < -0.39 is 0 Å². The van der Waals surface area contributed by atoms with Gasteiger partial charge in [-0.15, -0.1) is 0 Å². The summed E-state index contributed by atoms with van der Waals surface area (Å²) in [5, 5.41) is 4.96. The SMILES string of the molecule is COC(=O)CN(Cc1cc(OC)cc(OC)c1)Cc1nn(-c2ccccc2)c2c1CCC2. The van der Waals surface area contributed by atoms with Crippen LogP contribution in [0.1, 0.15) is 28.9 Å². The van der Waals surface area contributed by atoms with Gasteiger partial charge in [0.2, 0.25) is 0 Å². The monoisotopic (exact) mass is 435 g/mol. The Morgan fingerprint density at radius 3 is 2.38 bits per heavy atom. The number of nitrogens with zero attached hydrogens (tertiary/aromatic N) is 3. The van der Waals surface area contributed by atoms with Gasteiger partial charge in [0.1, 0.15) is 11.5 Å². The van der Waals surface area contributed by atoms with Crippen LogP contribution in [0.3, 0.4) is 0 Å². The minimum atomic E-state index is -0.279. The molecule has 0 fully saturated rings. The van der Waals surface area contributed by atoms with Gasteiger partial charge in [-0.3, -0.25) is 9.69 Å². The second-order valence-electron chi connectivity index (χ2n) is 7.92. The number of hydrogen-bond acceptors (Lipinski definition) is 6. The van der Waals surface area contributed by atoms with Crippen molar-refractivity contribution in [1.29, 1.82) is 0 Å². The van der Waals surface area contributed by atoms with Gasteiger partial charge < -0.3 is 14.2 Å². The van der Waals surface area contributed by atoms with E-state index in [2.05, 4.69) is 21.7 Å². The van der Waals surface area contributed by atoms with Crippen molar-refractivity contribution < 1.29 is 19.0 Å². The molecule has 0 unspecified atom stereocenters. The van der Waals surface area contributed by atoms with Crippen molar-refractivity contribution in [3.8, 4) is 17.2 Å². The third-order valence-corrected chi connectivity index (χ3v) is 5.79. The third kappa shape index (κ3) is 4.78. The molecule has 7 nitrogen and oxygen atoms in total. The second kappa shape index (κ2) is 9.87. The van der Waals surface area contributed by atoms with Crippen LogP contribution in [0.2, 0.25) is 0 Å². The largest absolute Gasteiger partial charge is 0.497 e. The molecule has 0 bridgehead atoms. The first-order valence-electron chi connectivity index (χ1n) is 10.8. The standard InChI is InChI=1S/C25H29N3O4/c1-30-20-12-18(13-21(14-20)31-2)15-27(17-25(29)32-3)16-23-22-10-7-11-24(22)28(26-23)19-8-5-4-6-9-19/h4-6,8-9,12-14H,7,10-11,15-17H2,1-3H3. The second-order valence-corrected chi connectivity index (χ2v) is 7.92. The lowest BCUT2D eigenvalue weighted by Gasteiger charge is -2.21. The molecule has 4 rings (SSSR count). The van der Waals surface area contributed by atoms with Crippen LogP contribution in [0.15, 0.2) is 48.5 Å². The number of carbonyl (C=O) groups excluding carboxylic acids is 1. The van der Waals surface area contributed by atoms with Crippen molar-refractivity contribution in [1.82, 2.24) is 14.7 Å². The highest BCUT2D eigenvalue weighted by atomic mass is 16.5. The molecule has 1 aliphatic rings. The lowest BCUT2D eigenvalue weighted by Crippen LogP contribution is -2.30. The Bertz CT molecular complexity index is 1060. The number of methoxy groups -OCH3 is 3. The molecule has 0 spiro atoms. The van der Waals surface area contributed by atoms with Crippen molar-refractivity contribution >= 4 is 5.97 Å². The van der Waals surface area contributed by atoms with E-state index >= 15 is 0 Å². The first-order chi connectivity index (χ1) is 15.6. The predicted octanol–water partition coefficient (Wildman–Crippen LogP) is 3.55. The smallest absolute Gasteiger partial charge is 0.319 e. The van der Waals surface area contributed by atoms with Gasteiger partial charge in [-0.25, -0.2) is 4.68 Å². The number of hydrogen-bond donors (Lipinski definition) is 0. The highest BCUT2D eigenvalue weighted by Crippen LogP contribution is 2.29. The molecule has 1 heterocycles. The molecular formula is C25H29N3O4. The number of aromatic nitrogens is 2. The fourth-order valence-corrected chi connectivity index (χ4v) is 4.27. The lowest BCUT2D eigenvalue weighted by molar-refractivity contribution is -0.142. The summed E-state index contributed by atoms with van der Waals surface area (Å²) in [5.74, 6) is 1.15. The summed E-state index contributed by atoms with van der Waals surface area (Å²) in [6.07, 6.45) is 3.15. The van der Waals surface area contributed by atoms with E-state index in [0.717, 1.165) is 36.2 Å². The summed E-state index contributed by atoms with van der Waals surface area (Å²) in [6, 6.07) is 16.0. The Labute approximate surface area is 188 Å². The van der Waals surface area contributed by atoms with Crippen LogP contribution in [0.25, 0.3) is 5.69 Å². The fourth-order valence-electron chi connectivity index (χ4n) is 4.27. The van der Waals surface area contributed by atoms with Gasteiger partial charge in [0, 0.05) is 24.8 Å². The summed E-state index contributed by atoms with van der Waals surface area (Å²) >= 11 is 0. The van der Waals surface area contributed by atoms with Gasteiger partial charge in [0.15, 0.2) is 0 Å². The normalized spacial score (nSPS) is 12.6. The summed E-state index contributed by atoms with van der Waals surface area (Å²) in [6.45, 7) is 1.26. The molecule has 0 amide bonds. The number of esters is 1.